The topological polar surface area (TPSA) is 129 Å². The molecule has 0 saturated heterocycles. The number of rotatable bonds is 9. The van der Waals surface area contributed by atoms with Crippen LogP contribution in [0.1, 0.15) is 43.0 Å². The first-order valence-corrected chi connectivity index (χ1v) is 14.3. The number of hydrogen-bond acceptors (Lipinski definition) is 5. The Morgan fingerprint density at radius 3 is 2.50 bits per heavy atom. The van der Waals surface area contributed by atoms with E-state index in [1.165, 1.54) is 13.2 Å². The third kappa shape index (κ3) is 5.57. The van der Waals surface area contributed by atoms with E-state index in [4.69, 9.17) is 15.9 Å². The second-order valence-corrected chi connectivity index (χ2v) is 10.8. The predicted molar refractivity (Wildman–Crippen MR) is 173 cm³/mol. The Morgan fingerprint density at radius 2 is 1.70 bits per heavy atom. The molecular formula is C36H32N4O4. The monoisotopic (exact) mass is 584 g/mol. The molecule has 0 aliphatic carbocycles. The van der Waals surface area contributed by atoms with Gasteiger partial charge in [0.15, 0.2) is 0 Å². The van der Waals surface area contributed by atoms with E-state index in [2.05, 4.69) is 10.2 Å². The molecule has 8 heteroatoms. The molecule has 1 aliphatic rings. The number of fused-ring (bicyclic) bond motifs is 2. The molecule has 0 radical (unpaired) electrons. The second-order valence-electron chi connectivity index (χ2n) is 10.8. The fourth-order valence-electron chi connectivity index (χ4n) is 5.90. The highest BCUT2D eigenvalue weighted by atomic mass is 16.5. The summed E-state index contributed by atoms with van der Waals surface area (Å²) >= 11 is 0. The van der Waals surface area contributed by atoms with Gasteiger partial charge in [-0.3, -0.25) is 10.2 Å². The lowest BCUT2D eigenvalue weighted by Gasteiger charge is -2.23. The van der Waals surface area contributed by atoms with E-state index in [0.717, 1.165) is 46.1 Å². The number of nitrogens with one attached hydrogen (secondary N) is 2. The number of nitrogens with zero attached hydrogens (tertiary/aromatic N) is 1. The summed E-state index contributed by atoms with van der Waals surface area (Å²) in [4.78, 5) is 28.1. The molecule has 1 aliphatic heterocycles. The number of nitrogen functional groups attached to an aromatic ring is 1. The normalized spacial score (nSPS) is 12.2. The molecule has 8 nitrogen and oxygen atoms in total. The summed E-state index contributed by atoms with van der Waals surface area (Å²) in [6, 6.07) is 30.3. The highest BCUT2D eigenvalue weighted by Gasteiger charge is 2.23. The van der Waals surface area contributed by atoms with Crippen molar-refractivity contribution in [3.05, 3.63) is 130 Å². The van der Waals surface area contributed by atoms with Gasteiger partial charge in [0, 0.05) is 36.4 Å². The number of methoxy groups -OCH3 is 1. The number of nitrogens with two attached hydrogens (primary N) is 1. The first kappa shape index (κ1) is 28.5. The van der Waals surface area contributed by atoms with Crippen LogP contribution in [0.3, 0.4) is 0 Å². The molecule has 0 unspecified atom stereocenters. The fourth-order valence-corrected chi connectivity index (χ4v) is 5.90. The molecule has 1 heterocycles. The Hall–Kier alpha value is -5.63. The number of carbonyl (C=O) groups excluding carboxylic acids is 1. The average Bonchev–Trinajstić information content (AvgIpc) is 3.45. The molecule has 0 saturated carbocycles. The summed E-state index contributed by atoms with van der Waals surface area (Å²) < 4.78 is 5.31. The van der Waals surface area contributed by atoms with Crippen LogP contribution in [0.4, 0.5) is 5.69 Å². The lowest BCUT2D eigenvalue weighted by atomic mass is 9.92. The molecule has 5 N–H and O–H groups in total. The van der Waals surface area contributed by atoms with E-state index >= 15 is 0 Å². The number of aromatic carboxylic acids is 1. The van der Waals surface area contributed by atoms with Gasteiger partial charge < -0.3 is 25.8 Å². The SMILES string of the molecule is COc1ccc(-c2cc(C(=O)NCc3cccc4ccccc34)ccc2CN2CCc3cc(C(=N)N)ccc32)c(C(=O)O)c1. The predicted octanol–water partition coefficient (Wildman–Crippen LogP) is 5.99. The zero-order valence-corrected chi connectivity index (χ0v) is 24.3. The zero-order chi connectivity index (χ0) is 30.8. The van der Waals surface area contributed by atoms with E-state index in [0.29, 0.717) is 41.1 Å². The van der Waals surface area contributed by atoms with Gasteiger partial charge in [-0.05, 0) is 93.5 Å². The molecular weight excluding hydrogens is 552 g/mol. The van der Waals surface area contributed by atoms with Gasteiger partial charge in [-0.2, -0.15) is 0 Å². The maximum Gasteiger partial charge on any atom is 0.336 e. The zero-order valence-electron chi connectivity index (χ0n) is 24.3. The van der Waals surface area contributed by atoms with E-state index in [9.17, 15) is 14.7 Å². The molecule has 44 heavy (non-hydrogen) atoms. The van der Waals surface area contributed by atoms with Crippen molar-refractivity contribution in [1.29, 1.82) is 5.41 Å². The Balaban J connectivity index is 1.35. The lowest BCUT2D eigenvalue weighted by molar-refractivity contribution is 0.0697. The number of carboxylic acids is 1. The number of carboxylic acid groups (broad SMARTS) is 1. The molecule has 6 rings (SSSR count). The summed E-state index contributed by atoms with van der Waals surface area (Å²) in [5.74, 6) is -0.867. The van der Waals surface area contributed by atoms with Gasteiger partial charge >= 0.3 is 5.97 Å². The number of benzene rings is 5. The summed E-state index contributed by atoms with van der Waals surface area (Å²) in [5, 5.41) is 23.1. The highest BCUT2D eigenvalue weighted by Crippen LogP contribution is 2.35. The third-order valence-electron chi connectivity index (χ3n) is 8.18. The molecule has 5 aromatic carbocycles. The van der Waals surface area contributed by atoms with E-state index < -0.39 is 5.97 Å². The summed E-state index contributed by atoms with van der Waals surface area (Å²) in [7, 11) is 1.50. The van der Waals surface area contributed by atoms with Crippen LogP contribution in [0.15, 0.2) is 97.1 Å². The van der Waals surface area contributed by atoms with Crippen molar-refractivity contribution in [3.63, 3.8) is 0 Å². The molecule has 0 fully saturated rings. The third-order valence-corrected chi connectivity index (χ3v) is 8.18. The first-order chi connectivity index (χ1) is 21.3. The number of amidine groups is 1. The lowest BCUT2D eigenvalue weighted by Crippen LogP contribution is -2.24. The standard InChI is InChI=1S/C36H32N4O4/c1-44-28-12-13-30(32(19-28)36(42)43)31-18-25(35(41)39-20-26-7-4-6-22-5-2-3-8-29(22)26)9-10-27(31)21-40-16-15-23-17-24(34(37)38)11-14-33(23)40/h2-14,17-19H,15-16,20-21H2,1H3,(H3,37,38)(H,39,41)(H,42,43). The minimum atomic E-state index is -1.08. The van der Waals surface area contributed by atoms with E-state index in [-0.39, 0.29) is 17.3 Å². The van der Waals surface area contributed by atoms with Crippen LogP contribution < -0.4 is 20.7 Å². The van der Waals surface area contributed by atoms with Crippen molar-refractivity contribution < 1.29 is 19.4 Å². The van der Waals surface area contributed by atoms with Crippen LogP contribution >= 0.6 is 0 Å². The number of carbonyl (C=O) groups is 2. The molecule has 0 spiro atoms. The Labute approximate surface area is 255 Å². The number of amides is 1. The average molecular weight is 585 g/mol. The van der Waals surface area contributed by atoms with Crippen molar-refractivity contribution in [2.75, 3.05) is 18.6 Å². The van der Waals surface area contributed by atoms with E-state index in [1.807, 2.05) is 66.7 Å². The van der Waals surface area contributed by atoms with Crippen LogP contribution in [0.5, 0.6) is 5.75 Å². The summed E-state index contributed by atoms with van der Waals surface area (Å²) in [5.41, 5.74) is 12.1. The number of ether oxygens (including phenoxy) is 1. The van der Waals surface area contributed by atoms with Gasteiger partial charge in [0.2, 0.25) is 0 Å². The highest BCUT2D eigenvalue weighted by molar-refractivity contribution is 6.00. The van der Waals surface area contributed by atoms with E-state index in [1.54, 1.807) is 24.3 Å². The molecule has 0 aromatic heterocycles. The van der Waals surface area contributed by atoms with Gasteiger partial charge in [-0.25, -0.2) is 4.79 Å². The van der Waals surface area contributed by atoms with Crippen LogP contribution in [-0.4, -0.2) is 36.5 Å². The summed E-state index contributed by atoms with van der Waals surface area (Å²) in [6.07, 6.45) is 0.809. The van der Waals surface area contributed by atoms with Gasteiger partial charge in [-0.1, -0.05) is 48.5 Å². The van der Waals surface area contributed by atoms with Crippen LogP contribution in [0, 0.1) is 5.41 Å². The molecule has 0 bridgehead atoms. The molecule has 0 atom stereocenters. The van der Waals surface area contributed by atoms with Crippen LogP contribution in [-0.2, 0) is 19.5 Å². The van der Waals surface area contributed by atoms with Crippen molar-refractivity contribution in [1.82, 2.24) is 5.32 Å². The number of anilines is 1. The minimum Gasteiger partial charge on any atom is -0.497 e. The van der Waals surface area contributed by atoms with Crippen LogP contribution in [0.2, 0.25) is 0 Å². The van der Waals surface area contributed by atoms with Gasteiger partial charge in [0.05, 0.1) is 12.7 Å². The number of hydrogen-bond donors (Lipinski definition) is 4. The van der Waals surface area contributed by atoms with Crippen molar-refractivity contribution in [2.45, 2.75) is 19.5 Å². The molecule has 220 valence electrons. The fraction of sp³-hybridized carbons (Fsp3) is 0.139. The van der Waals surface area contributed by atoms with Crippen molar-refractivity contribution >= 4 is 34.2 Å². The van der Waals surface area contributed by atoms with Crippen LogP contribution in [0.25, 0.3) is 21.9 Å². The van der Waals surface area contributed by atoms with Crippen molar-refractivity contribution in [2.24, 2.45) is 5.73 Å². The smallest absolute Gasteiger partial charge is 0.336 e. The maximum absolute atomic E-state index is 13.5. The Kier molecular flexibility index (Phi) is 7.72. The quantitative estimate of drug-likeness (QED) is 0.124. The largest absolute Gasteiger partial charge is 0.497 e. The minimum absolute atomic E-state index is 0.0311. The summed E-state index contributed by atoms with van der Waals surface area (Å²) in [6.45, 7) is 1.62. The maximum atomic E-state index is 13.5. The molecule has 5 aromatic rings. The Morgan fingerprint density at radius 1 is 0.909 bits per heavy atom. The van der Waals surface area contributed by atoms with Gasteiger partial charge in [-0.15, -0.1) is 0 Å². The second kappa shape index (κ2) is 11.9. The van der Waals surface area contributed by atoms with Crippen molar-refractivity contribution in [3.8, 4) is 16.9 Å². The van der Waals surface area contributed by atoms with Gasteiger partial charge in [0.1, 0.15) is 11.6 Å². The van der Waals surface area contributed by atoms with Gasteiger partial charge in [0.25, 0.3) is 5.91 Å². The first-order valence-electron chi connectivity index (χ1n) is 14.3. The Bertz CT molecular complexity index is 1930. The molecule has 1 amide bonds.